The van der Waals surface area contributed by atoms with E-state index in [1.165, 1.54) is 5.41 Å². The van der Waals surface area contributed by atoms with E-state index in [1.807, 2.05) is 37.3 Å². The molecule has 2 atom stereocenters. The summed E-state index contributed by atoms with van der Waals surface area (Å²) in [5.41, 5.74) is 1.96. The number of hydrogen-bond acceptors (Lipinski definition) is 3. The number of aryl methyl sites for hydroxylation is 1. The molecular formula is C21H29NO4S. The van der Waals surface area contributed by atoms with Crippen LogP contribution in [0.3, 0.4) is 0 Å². The number of aliphatic carboxylic acids is 1. The van der Waals surface area contributed by atoms with Gasteiger partial charge in [-0.3, -0.25) is 4.79 Å². The van der Waals surface area contributed by atoms with Gasteiger partial charge >= 0.3 is 5.97 Å². The highest BCUT2D eigenvalue weighted by Crippen LogP contribution is 2.26. The standard InChI is InChI=1S/C21H29NO4S/c1-17-7-5-9-19(15-17)13-14-27(25,26)22-20-11-6-10-18(16-20)8-3-2-4-12-21(23)24/h3,5,7-9,13-15,18,20,22H,2,4,6,10-12,16H2,1H3,(H,23,24). The average Bonchev–Trinajstić information content (AvgIpc) is 2.60. The largest absolute Gasteiger partial charge is 0.481 e. The van der Waals surface area contributed by atoms with E-state index >= 15 is 0 Å². The summed E-state index contributed by atoms with van der Waals surface area (Å²) in [7, 11) is -3.47. The molecule has 0 aliphatic heterocycles. The lowest BCUT2D eigenvalue weighted by atomic mass is 9.86. The van der Waals surface area contributed by atoms with Crippen molar-refractivity contribution in [1.29, 1.82) is 0 Å². The van der Waals surface area contributed by atoms with Gasteiger partial charge in [0.2, 0.25) is 10.0 Å². The van der Waals surface area contributed by atoms with Gasteiger partial charge in [-0.05, 0) is 56.6 Å². The minimum atomic E-state index is -3.47. The maximum Gasteiger partial charge on any atom is 0.303 e. The van der Waals surface area contributed by atoms with Gasteiger partial charge in [0.25, 0.3) is 0 Å². The second-order valence-electron chi connectivity index (χ2n) is 7.22. The molecule has 0 saturated heterocycles. The molecule has 1 aliphatic carbocycles. The number of nitrogens with one attached hydrogen (secondary N) is 1. The Balaban J connectivity index is 1.84. The van der Waals surface area contributed by atoms with Crippen molar-refractivity contribution in [3.05, 3.63) is 53.0 Å². The van der Waals surface area contributed by atoms with Crippen LogP contribution < -0.4 is 4.72 Å². The lowest BCUT2D eigenvalue weighted by Crippen LogP contribution is -2.37. The average molecular weight is 392 g/mol. The number of benzene rings is 1. The molecule has 0 aromatic heterocycles. The second-order valence-corrected chi connectivity index (χ2v) is 8.82. The van der Waals surface area contributed by atoms with E-state index in [9.17, 15) is 13.2 Å². The number of carbonyl (C=O) groups is 1. The molecule has 0 spiro atoms. The second kappa shape index (κ2) is 10.4. The predicted molar refractivity (Wildman–Crippen MR) is 109 cm³/mol. The van der Waals surface area contributed by atoms with Crippen molar-refractivity contribution in [2.45, 2.75) is 57.9 Å². The van der Waals surface area contributed by atoms with Crippen molar-refractivity contribution < 1.29 is 18.3 Å². The van der Waals surface area contributed by atoms with Gasteiger partial charge in [0, 0.05) is 17.9 Å². The van der Waals surface area contributed by atoms with Gasteiger partial charge in [-0.15, -0.1) is 0 Å². The monoisotopic (exact) mass is 391 g/mol. The maximum atomic E-state index is 12.4. The van der Waals surface area contributed by atoms with Crippen LogP contribution in [-0.2, 0) is 14.8 Å². The van der Waals surface area contributed by atoms with Crippen molar-refractivity contribution >= 4 is 22.1 Å². The van der Waals surface area contributed by atoms with Crippen LogP contribution in [0.5, 0.6) is 0 Å². The van der Waals surface area contributed by atoms with Crippen molar-refractivity contribution in [3.63, 3.8) is 0 Å². The molecule has 1 saturated carbocycles. The van der Waals surface area contributed by atoms with E-state index in [4.69, 9.17) is 5.11 Å². The van der Waals surface area contributed by atoms with E-state index < -0.39 is 16.0 Å². The van der Waals surface area contributed by atoms with Gasteiger partial charge in [0.15, 0.2) is 0 Å². The number of allylic oxidation sites excluding steroid dienone is 2. The Morgan fingerprint density at radius 2 is 2.15 bits per heavy atom. The fourth-order valence-corrected chi connectivity index (χ4v) is 4.48. The highest BCUT2D eigenvalue weighted by molar-refractivity contribution is 7.92. The fraction of sp³-hybridized carbons (Fsp3) is 0.476. The Morgan fingerprint density at radius 3 is 2.89 bits per heavy atom. The Morgan fingerprint density at radius 1 is 1.33 bits per heavy atom. The Labute approximate surface area is 162 Å². The van der Waals surface area contributed by atoms with E-state index in [0.717, 1.165) is 43.2 Å². The first kappa shape index (κ1) is 21.4. The summed E-state index contributed by atoms with van der Waals surface area (Å²) in [5, 5.41) is 9.88. The summed E-state index contributed by atoms with van der Waals surface area (Å²) in [4.78, 5) is 10.5. The molecule has 2 unspecified atom stereocenters. The molecule has 1 fully saturated rings. The minimum Gasteiger partial charge on any atom is -0.481 e. The van der Waals surface area contributed by atoms with Crippen LogP contribution in [-0.4, -0.2) is 25.5 Å². The first-order valence-electron chi connectivity index (χ1n) is 9.49. The van der Waals surface area contributed by atoms with Crippen LogP contribution in [0, 0.1) is 12.8 Å². The molecule has 6 heteroatoms. The van der Waals surface area contributed by atoms with Crippen LogP contribution >= 0.6 is 0 Å². The number of hydrogen-bond donors (Lipinski definition) is 2. The van der Waals surface area contributed by atoms with Gasteiger partial charge in [-0.25, -0.2) is 13.1 Å². The van der Waals surface area contributed by atoms with E-state index in [0.29, 0.717) is 12.3 Å². The molecule has 2 rings (SSSR count). The molecule has 0 heterocycles. The van der Waals surface area contributed by atoms with E-state index in [2.05, 4.69) is 10.8 Å². The molecule has 1 aromatic carbocycles. The highest BCUT2D eigenvalue weighted by atomic mass is 32.2. The molecular weight excluding hydrogens is 362 g/mol. The zero-order valence-electron chi connectivity index (χ0n) is 15.8. The van der Waals surface area contributed by atoms with Gasteiger partial charge in [-0.2, -0.15) is 0 Å². The normalized spacial score (nSPS) is 21.1. The molecule has 2 N–H and O–H groups in total. The molecule has 0 radical (unpaired) electrons. The molecule has 5 nitrogen and oxygen atoms in total. The van der Waals surface area contributed by atoms with Crippen LogP contribution in [0.4, 0.5) is 0 Å². The summed E-state index contributed by atoms with van der Waals surface area (Å²) in [6, 6.07) is 7.65. The number of carboxylic acids is 1. The van der Waals surface area contributed by atoms with E-state index in [1.54, 1.807) is 6.08 Å². The number of rotatable bonds is 9. The summed E-state index contributed by atoms with van der Waals surface area (Å²) >= 11 is 0. The van der Waals surface area contributed by atoms with Crippen molar-refractivity contribution in [1.82, 2.24) is 4.72 Å². The molecule has 148 valence electrons. The smallest absolute Gasteiger partial charge is 0.303 e. The Kier molecular flexibility index (Phi) is 8.25. The van der Waals surface area contributed by atoms with Crippen molar-refractivity contribution in [2.24, 2.45) is 5.92 Å². The third-order valence-corrected chi connectivity index (χ3v) is 5.85. The lowest BCUT2D eigenvalue weighted by molar-refractivity contribution is -0.137. The SMILES string of the molecule is Cc1cccc(C=CS(=O)(=O)NC2CCCC(C=CCCCC(=O)O)C2)c1. The van der Waals surface area contributed by atoms with Crippen LogP contribution in [0.15, 0.2) is 41.8 Å². The van der Waals surface area contributed by atoms with Gasteiger partial charge in [0.05, 0.1) is 0 Å². The van der Waals surface area contributed by atoms with Gasteiger partial charge in [-0.1, -0.05) is 48.4 Å². The Bertz CT molecular complexity index is 783. The Hall–Kier alpha value is -1.92. The summed E-state index contributed by atoms with van der Waals surface area (Å²) in [5.74, 6) is -0.425. The topological polar surface area (TPSA) is 83.5 Å². The minimum absolute atomic E-state index is 0.0559. The van der Waals surface area contributed by atoms with E-state index in [-0.39, 0.29) is 12.5 Å². The molecule has 1 aromatic rings. The number of sulfonamides is 1. The summed E-state index contributed by atoms with van der Waals surface area (Å²) in [6.07, 6.45) is 11.0. The predicted octanol–water partition coefficient (Wildman–Crippen LogP) is 4.26. The zero-order chi connectivity index (χ0) is 19.7. The first-order valence-corrected chi connectivity index (χ1v) is 11.0. The first-order chi connectivity index (χ1) is 12.8. The van der Waals surface area contributed by atoms with Gasteiger partial charge in [0.1, 0.15) is 0 Å². The molecule has 27 heavy (non-hydrogen) atoms. The third-order valence-electron chi connectivity index (χ3n) is 4.70. The summed E-state index contributed by atoms with van der Waals surface area (Å²) < 4.78 is 27.5. The van der Waals surface area contributed by atoms with Crippen molar-refractivity contribution in [2.75, 3.05) is 0 Å². The number of carboxylic acid groups (broad SMARTS) is 1. The molecule has 0 bridgehead atoms. The van der Waals surface area contributed by atoms with Gasteiger partial charge < -0.3 is 5.11 Å². The van der Waals surface area contributed by atoms with Crippen LogP contribution in [0.2, 0.25) is 0 Å². The van der Waals surface area contributed by atoms with Crippen LogP contribution in [0.1, 0.15) is 56.1 Å². The quantitative estimate of drug-likeness (QED) is 0.487. The van der Waals surface area contributed by atoms with Crippen LogP contribution in [0.25, 0.3) is 6.08 Å². The molecule has 1 aliphatic rings. The third kappa shape index (κ3) is 8.54. The number of unbranched alkanes of at least 4 members (excludes halogenated alkanes) is 1. The zero-order valence-corrected chi connectivity index (χ0v) is 16.6. The summed E-state index contributed by atoms with van der Waals surface area (Å²) in [6.45, 7) is 1.97. The van der Waals surface area contributed by atoms with Crippen molar-refractivity contribution in [3.8, 4) is 0 Å². The highest BCUT2D eigenvalue weighted by Gasteiger charge is 2.23. The molecule has 0 amide bonds. The maximum absolute atomic E-state index is 12.4. The lowest BCUT2D eigenvalue weighted by Gasteiger charge is -2.27. The fourth-order valence-electron chi connectivity index (χ4n) is 3.38.